The average molecular weight is 511 g/mol. The van der Waals surface area contributed by atoms with Crippen LogP contribution in [0.25, 0.3) is 11.3 Å². The van der Waals surface area contributed by atoms with Crippen LogP contribution >= 0.6 is 12.4 Å². The minimum Gasteiger partial charge on any atom is -0.491 e. The number of guanidine groups is 1. The number of nitrogens with two attached hydrogens (primary N) is 1. The fourth-order valence-corrected chi connectivity index (χ4v) is 3.90. The van der Waals surface area contributed by atoms with Crippen LogP contribution in [-0.4, -0.2) is 35.6 Å². The maximum absolute atomic E-state index is 13.7. The smallest absolute Gasteiger partial charge is 0.419 e. The molecular weight excluding hydrogens is 485 g/mol. The molecule has 2 heterocycles. The first-order valence-corrected chi connectivity index (χ1v) is 10.8. The van der Waals surface area contributed by atoms with Crippen molar-refractivity contribution in [2.45, 2.75) is 31.7 Å². The molecule has 1 unspecified atom stereocenters. The summed E-state index contributed by atoms with van der Waals surface area (Å²) in [5, 5.41) is 7.67. The largest absolute Gasteiger partial charge is 0.491 e. The van der Waals surface area contributed by atoms with Gasteiger partial charge in [0, 0.05) is 12.1 Å². The second-order valence-electron chi connectivity index (χ2n) is 7.90. The number of alkyl halides is 3. The van der Waals surface area contributed by atoms with Gasteiger partial charge in [-0.25, -0.2) is 4.98 Å². The van der Waals surface area contributed by atoms with Crippen molar-refractivity contribution < 1.29 is 27.1 Å². The van der Waals surface area contributed by atoms with Gasteiger partial charge >= 0.3 is 6.18 Å². The van der Waals surface area contributed by atoms with E-state index in [1.807, 2.05) is 30.3 Å². The Bertz CT molecular complexity index is 1120. The highest BCUT2D eigenvalue weighted by Crippen LogP contribution is 2.39. The lowest BCUT2D eigenvalue weighted by atomic mass is 10.1. The van der Waals surface area contributed by atoms with Crippen LogP contribution in [0.3, 0.4) is 0 Å². The zero-order valence-electron chi connectivity index (χ0n) is 18.8. The fraction of sp³-hybridized carbons (Fsp3) is 0.333. The number of benzene rings is 2. The lowest BCUT2D eigenvalue weighted by Gasteiger charge is -2.21. The number of aromatic nitrogens is 1. The van der Waals surface area contributed by atoms with E-state index in [0.717, 1.165) is 18.1 Å². The second-order valence-corrected chi connectivity index (χ2v) is 7.90. The molecule has 0 spiro atoms. The van der Waals surface area contributed by atoms with E-state index in [0.29, 0.717) is 25.5 Å². The van der Waals surface area contributed by atoms with E-state index < -0.39 is 11.7 Å². The minimum absolute atomic E-state index is 0. The molecule has 0 saturated carbocycles. The van der Waals surface area contributed by atoms with Crippen molar-refractivity contribution in [1.82, 2.24) is 9.88 Å². The van der Waals surface area contributed by atoms with Crippen molar-refractivity contribution in [3.8, 4) is 17.0 Å². The van der Waals surface area contributed by atoms with Gasteiger partial charge < -0.3 is 24.5 Å². The zero-order chi connectivity index (χ0) is 24.1. The summed E-state index contributed by atoms with van der Waals surface area (Å²) in [5.41, 5.74) is 6.20. The highest BCUT2D eigenvalue weighted by molar-refractivity contribution is 5.85. The molecule has 11 heteroatoms. The SMILES string of the molecule is Cl.N=C(N)N1CCCC1c1nc(-c2ccc(OCCOCc3ccccc3)c(C(F)(F)F)c2)co1. The maximum atomic E-state index is 13.7. The molecule has 3 N–H and O–H groups in total. The summed E-state index contributed by atoms with van der Waals surface area (Å²) in [7, 11) is 0. The summed E-state index contributed by atoms with van der Waals surface area (Å²) in [6, 6.07) is 13.0. The lowest BCUT2D eigenvalue weighted by Crippen LogP contribution is -2.35. The van der Waals surface area contributed by atoms with E-state index in [9.17, 15) is 13.2 Å². The Balaban J connectivity index is 0.00000342. The molecule has 7 nitrogen and oxygen atoms in total. The van der Waals surface area contributed by atoms with Gasteiger partial charge in [-0.05, 0) is 36.6 Å². The van der Waals surface area contributed by atoms with Crippen molar-refractivity contribution in [1.29, 1.82) is 5.41 Å². The van der Waals surface area contributed by atoms with Gasteiger partial charge in [-0.15, -0.1) is 12.4 Å². The molecule has 0 aliphatic carbocycles. The van der Waals surface area contributed by atoms with E-state index in [1.165, 1.54) is 18.4 Å². The van der Waals surface area contributed by atoms with Crippen LogP contribution in [-0.2, 0) is 17.5 Å². The standard InChI is InChI=1S/C24H25F3N4O3.ClH/c25-24(26,27)18-13-17(19-15-34-22(30-19)20-7-4-10-31(20)23(28)29)8-9-21(18)33-12-11-32-14-16-5-2-1-3-6-16;/h1-3,5-6,8-9,13,15,20H,4,7,10-12,14H2,(H3,28,29);1H. The van der Waals surface area contributed by atoms with Crippen LogP contribution in [0.1, 0.15) is 35.9 Å². The van der Waals surface area contributed by atoms with Crippen molar-refractivity contribution >= 4 is 18.4 Å². The molecule has 188 valence electrons. The fourth-order valence-electron chi connectivity index (χ4n) is 3.90. The Morgan fingerprint density at radius 1 is 1.17 bits per heavy atom. The van der Waals surface area contributed by atoms with Gasteiger partial charge in [-0.2, -0.15) is 13.2 Å². The van der Waals surface area contributed by atoms with Crippen LogP contribution in [0.5, 0.6) is 5.75 Å². The van der Waals surface area contributed by atoms with E-state index in [1.54, 1.807) is 4.90 Å². The Morgan fingerprint density at radius 3 is 2.66 bits per heavy atom. The third-order valence-electron chi connectivity index (χ3n) is 5.55. The maximum Gasteiger partial charge on any atom is 0.419 e. The van der Waals surface area contributed by atoms with Crippen LogP contribution in [0.15, 0.2) is 59.2 Å². The predicted octanol–water partition coefficient (Wildman–Crippen LogP) is 5.41. The molecule has 2 aromatic carbocycles. The molecule has 1 aliphatic rings. The van der Waals surface area contributed by atoms with E-state index in [4.69, 9.17) is 25.0 Å². The number of ether oxygens (including phenoxy) is 2. The van der Waals surface area contributed by atoms with Crippen LogP contribution in [0, 0.1) is 5.41 Å². The Morgan fingerprint density at radius 2 is 1.94 bits per heavy atom. The molecule has 1 aromatic heterocycles. The quantitative estimate of drug-likeness (QED) is 0.239. The molecule has 0 amide bonds. The molecule has 0 radical (unpaired) electrons. The van der Waals surface area contributed by atoms with Crippen LogP contribution in [0.4, 0.5) is 13.2 Å². The Kier molecular flexibility index (Phi) is 8.63. The normalized spacial score (nSPS) is 15.6. The lowest BCUT2D eigenvalue weighted by molar-refractivity contribution is -0.139. The van der Waals surface area contributed by atoms with E-state index in [2.05, 4.69) is 4.98 Å². The second kappa shape index (κ2) is 11.5. The van der Waals surface area contributed by atoms with Gasteiger partial charge in [0.2, 0.25) is 5.89 Å². The van der Waals surface area contributed by atoms with Crippen molar-refractivity contribution in [2.75, 3.05) is 19.8 Å². The van der Waals surface area contributed by atoms with Gasteiger partial charge in [0.05, 0.1) is 18.8 Å². The van der Waals surface area contributed by atoms with E-state index in [-0.39, 0.29) is 54.6 Å². The number of oxazole rings is 1. The van der Waals surface area contributed by atoms with E-state index >= 15 is 0 Å². The topological polar surface area (TPSA) is 97.6 Å². The number of halogens is 4. The van der Waals surface area contributed by atoms with Crippen LogP contribution < -0.4 is 10.5 Å². The molecule has 1 saturated heterocycles. The first-order chi connectivity index (χ1) is 16.3. The number of likely N-dealkylation sites (tertiary alicyclic amines) is 1. The predicted molar refractivity (Wildman–Crippen MR) is 126 cm³/mol. The molecule has 4 rings (SSSR count). The summed E-state index contributed by atoms with van der Waals surface area (Å²) in [5.74, 6) is -0.0372. The van der Waals surface area contributed by atoms with Gasteiger partial charge in [-0.1, -0.05) is 30.3 Å². The van der Waals surface area contributed by atoms with Gasteiger partial charge in [-0.3, -0.25) is 5.41 Å². The molecule has 0 bridgehead atoms. The molecule has 1 fully saturated rings. The number of nitrogens with zero attached hydrogens (tertiary/aromatic N) is 2. The molecular formula is C24H26ClF3N4O3. The average Bonchev–Trinajstić information content (AvgIpc) is 3.49. The monoisotopic (exact) mass is 510 g/mol. The number of hydrogen-bond acceptors (Lipinski definition) is 5. The highest BCUT2D eigenvalue weighted by atomic mass is 35.5. The van der Waals surface area contributed by atoms with Crippen molar-refractivity contribution in [3.63, 3.8) is 0 Å². The third-order valence-corrected chi connectivity index (χ3v) is 5.55. The zero-order valence-corrected chi connectivity index (χ0v) is 19.6. The Labute approximate surface area is 207 Å². The number of hydrogen-bond donors (Lipinski definition) is 2. The third kappa shape index (κ3) is 6.46. The molecule has 1 atom stereocenters. The summed E-state index contributed by atoms with van der Waals surface area (Å²) < 4.78 is 57.6. The van der Waals surface area contributed by atoms with Crippen LogP contribution in [0.2, 0.25) is 0 Å². The minimum atomic E-state index is -4.61. The summed E-state index contributed by atoms with van der Waals surface area (Å²) >= 11 is 0. The molecule has 1 aliphatic heterocycles. The first kappa shape index (κ1) is 26.4. The molecule has 3 aromatic rings. The van der Waals surface area contributed by atoms with Gasteiger partial charge in [0.1, 0.15) is 30.4 Å². The molecule has 35 heavy (non-hydrogen) atoms. The Hall–Kier alpha value is -3.24. The number of nitrogens with one attached hydrogen (secondary N) is 1. The first-order valence-electron chi connectivity index (χ1n) is 10.8. The summed E-state index contributed by atoms with van der Waals surface area (Å²) in [6.07, 6.45) is -1.77. The number of rotatable bonds is 8. The van der Waals surface area contributed by atoms with Gasteiger partial charge in [0.25, 0.3) is 0 Å². The highest BCUT2D eigenvalue weighted by Gasteiger charge is 2.35. The van der Waals surface area contributed by atoms with Crippen molar-refractivity contribution in [2.24, 2.45) is 5.73 Å². The van der Waals surface area contributed by atoms with Crippen molar-refractivity contribution in [3.05, 3.63) is 71.8 Å². The summed E-state index contributed by atoms with van der Waals surface area (Å²) in [6.45, 7) is 1.09. The van der Waals surface area contributed by atoms with Gasteiger partial charge in [0.15, 0.2) is 5.96 Å². The summed E-state index contributed by atoms with van der Waals surface area (Å²) in [4.78, 5) is 6.03.